The summed E-state index contributed by atoms with van der Waals surface area (Å²) in [5, 5.41) is 11.3. The summed E-state index contributed by atoms with van der Waals surface area (Å²) in [6, 6.07) is 12.7. The fourth-order valence-corrected chi connectivity index (χ4v) is 2.70. The molecule has 0 radical (unpaired) electrons. The Hall–Kier alpha value is -3.88. The maximum atomic E-state index is 14.2. The molecule has 4 N–H and O–H groups in total. The molecule has 0 atom stereocenters. The molecule has 0 aliphatic heterocycles. The van der Waals surface area contributed by atoms with Crippen LogP contribution >= 0.6 is 0 Å². The highest BCUT2D eigenvalue weighted by Gasteiger charge is 2.19. The smallest absolute Gasteiger partial charge is 0.190 e. The maximum Gasteiger partial charge on any atom is 0.190 e. The lowest BCUT2D eigenvalue weighted by Gasteiger charge is -2.10. The van der Waals surface area contributed by atoms with Gasteiger partial charge in [0.25, 0.3) is 0 Å². The zero-order valence-electron chi connectivity index (χ0n) is 13.8. The molecule has 0 aliphatic rings. The number of anilines is 2. The second kappa shape index (κ2) is 6.45. The molecule has 27 heavy (non-hydrogen) atoms. The van der Waals surface area contributed by atoms with Gasteiger partial charge >= 0.3 is 0 Å². The monoisotopic (exact) mass is 365 g/mol. The lowest BCUT2D eigenvalue weighted by Crippen LogP contribution is -2.06. The molecule has 2 aromatic heterocycles. The zero-order chi connectivity index (χ0) is 19.0. The van der Waals surface area contributed by atoms with E-state index in [4.69, 9.17) is 11.5 Å². The van der Waals surface area contributed by atoms with E-state index >= 15 is 0 Å². The van der Waals surface area contributed by atoms with Crippen LogP contribution < -0.4 is 11.5 Å². The van der Waals surface area contributed by atoms with Gasteiger partial charge in [0.1, 0.15) is 11.5 Å². The molecule has 0 unspecified atom stereocenters. The Morgan fingerprint density at radius 2 is 1.74 bits per heavy atom. The topological polar surface area (TPSA) is 109 Å². The Labute approximate surface area is 152 Å². The maximum absolute atomic E-state index is 14.2. The first-order valence-electron chi connectivity index (χ1n) is 7.89. The number of pyridine rings is 1. The second-order valence-electron chi connectivity index (χ2n) is 5.77. The van der Waals surface area contributed by atoms with Gasteiger partial charge in [-0.2, -0.15) is 4.68 Å². The molecule has 0 saturated carbocycles. The van der Waals surface area contributed by atoms with Crippen molar-refractivity contribution >= 4 is 11.5 Å². The van der Waals surface area contributed by atoms with Gasteiger partial charge in [-0.05, 0) is 46.3 Å². The number of benzene rings is 2. The molecule has 2 aromatic carbocycles. The number of nitrogen functional groups attached to an aromatic ring is 2. The predicted molar refractivity (Wildman–Crippen MR) is 96.6 cm³/mol. The molecular weight excluding hydrogens is 352 g/mol. The molecular formula is C18H13F2N7. The minimum absolute atomic E-state index is 0.134. The highest BCUT2D eigenvalue weighted by atomic mass is 19.2. The average molecular weight is 365 g/mol. The van der Waals surface area contributed by atoms with E-state index in [0.29, 0.717) is 11.3 Å². The van der Waals surface area contributed by atoms with E-state index in [1.54, 1.807) is 24.4 Å². The first-order chi connectivity index (χ1) is 13.0. The van der Waals surface area contributed by atoms with Gasteiger partial charge in [0, 0.05) is 17.4 Å². The Bertz CT molecular complexity index is 1140. The van der Waals surface area contributed by atoms with E-state index < -0.39 is 11.6 Å². The van der Waals surface area contributed by atoms with Gasteiger partial charge < -0.3 is 11.5 Å². The fourth-order valence-electron chi connectivity index (χ4n) is 2.70. The Morgan fingerprint density at radius 3 is 2.56 bits per heavy atom. The molecule has 9 heteroatoms. The highest BCUT2D eigenvalue weighted by molar-refractivity contribution is 5.77. The molecule has 0 amide bonds. The summed E-state index contributed by atoms with van der Waals surface area (Å²) in [5.41, 5.74) is 14.2. The lowest BCUT2D eigenvalue weighted by molar-refractivity contribution is 0.501. The summed E-state index contributed by atoms with van der Waals surface area (Å²) < 4.78 is 28.9. The van der Waals surface area contributed by atoms with Crippen molar-refractivity contribution in [2.75, 3.05) is 11.5 Å². The molecule has 4 aromatic rings. The predicted octanol–water partition coefficient (Wildman–Crippen LogP) is 2.83. The summed E-state index contributed by atoms with van der Waals surface area (Å²) in [6.45, 7) is 0. The summed E-state index contributed by atoms with van der Waals surface area (Å²) in [4.78, 5) is 4.18. The quantitative estimate of drug-likeness (QED) is 0.541. The molecule has 4 rings (SSSR count). The van der Waals surface area contributed by atoms with Gasteiger partial charge in [-0.1, -0.05) is 18.2 Å². The van der Waals surface area contributed by atoms with Gasteiger partial charge in [0.05, 0.1) is 5.56 Å². The summed E-state index contributed by atoms with van der Waals surface area (Å²) in [6.07, 6.45) is 1.59. The van der Waals surface area contributed by atoms with E-state index in [1.165, 1.54) is 12.1 Å². The van der Waals surface area contributed by atoms with Crippen LogP contribution in [0.5, 0.6) is 0 Å². The van der Waals surface area contributed by atoms with Gasteiger partial charge in [0.15, 0.2) is 17.5 Å². The van der Waals surface area contributed by atoms with Crippen LogP contribution in [0.4, 0.5) is 20.3 Å². The van der Waals surface area contributed by atoms with Crippen LogP contribution in [0.3, 0.4) is 0 Å². The van der Waals surface area contributed by atoms with Crippen molar-refractivity contribution in [3.05, 3.63) is 66.4 Å². The summed E-state index contributed by atoms with van der Waals surface area (Å²) in [5.74, 6) is -1.79. The summed E-state index contributed by atoms with van der Waals surface area (Å²) in [7, 11) is 0. The SMILES string of the molecule is Nc1cccc(-c2cnc(N)c(-c3nnnn3-c3cccc(F)c3F)c2)c1. The summed E-state index contributed by atoms with van der Waals surface area (Å²) >= 11 is 0. The molecule has 0 saturated heterocycles. The van der Waals surface area contributed by atoms with Crippen LogP contribution in [-0.2, 0) is 0 Å². The van der Waals surface area contributed by atoms with Crippen molar-refractivity contribution < 1.29 is 8.78 Å². The van der Waals surface area contributed by atoms with Crippen LogP contribution in [0.25, 0.3) is 28.2 Å². The van der Waals surface area contributed by atoms with Gasteiger partial charge in [0.2, 0.25) is 0 Å². The largest absolute Gasteiger partial charge is 0.399 e. The molecule has 0 aliphatic carbocycles. The van der Waals surface area contributed by atoms with Gasteiger partial charge in [-0.25, -0.2) is 13.8 Å². The highest BCUT2D eigenvalue weighted by Crippen LogP contribution is 2.30. The second-order valence-corrected chi connectivity index (χ2v) is 5.77. The van der Waals surface area contributed by atoms with Crippen molar-refractivity contribution in [1.82, 2.24) is 25.2 Å². The number of hydrogen-bond donors (Lipinski definition) is 2. The van der Waals surface area contributed by atoms with E-state index in [-0.39, 0.29) is 17.3 Å². The molecule has 7 nitrogen and oxygen atoms in total. The number of tetrazole rings is 1. The number of nitrogens with two attached hydrogens (primary N) is 2. The first kappa shape index (κ1) is 16.6. The van der Waals surface area contributed by atoms with Crippen LogP contribution in [-0.4, -0.2) is 25.2 Å². The van der Waals surface area contributed by atoms with Crippen molar-refractivity contribution in [2.45, 2.75) is 0 Å². The number of hydrogen-bond acceptors (Lipinski definition) is 6. The standard InChI is InChI=1S/C18H13F2N7/c19-14-5-2-6-15(16(14)20)27-18(24-25-26-27)13-8-11(9-23-17(13)22)10-3-1-4-12(21)7-10/h1-9H,21H2,(H2,22,23). The van der Waals surface area contributed by atoms with Crippen molar-refractivity contribution in [1.29, 1.82) is 0 Å². The minimum atomic E-state index is -1.07. The molecule has 0 bridgehead atoms. The normalized spacial score (nSPS) is 10.9. The number of halogens is 2. The van der Waals surface area contributed by atoms with E-state index in [0.717, 1.165) is 21.9 Å². The third-order valence-corrected chi connectivity index (χ3v) is 4.01. The van der Waals surface area contributed by atoms with E-state index in [2.05, 4.69) is 20.5 Å². The Morgan fingerprint density at radius 1 is 0.926 bits per heavy atom. The first-order valence-corrected chi connectivity index (χ1v) is 7.89. The number of rotatable bonds is 3. The fraction of sp³-hybridized carbons (Fsp3) is 0. The molecule has 2 heterocycles. The molecule has 134 valence electrons. The number of nitrogens with zero attached hydrogens (tertiary/aromatic N) is 5. The average Bonchev–Trinajstić information content (AvgIpc) is 3.13. The van der Waals surface area contributed by atoms with Gasteiger partial charge in [-0.15, -0.1) is 5.10 Å². The van der Waals surface area contributed by atoms with E-state index in [9.17, 15) is 8.78 Å². The van der Waals surface area contributed by atoms with Crippen molar-refractivity contribution in [3.63, 3.8) is 0 Å². The van der Waals surface area contributed by atoms with Gasteiger partial charge in [-0.3, -0.25) is 0 Å². The third-order valence-electron chi connectivity index (χ3n) is 4.01. The van der Waals surface area contributed by atoms with Crippen LogP contribution in [0.1, 0.15) is 0 Å². The van der Waals surface area contributed by atoms with Crippen LogP contribution in [0.15, 0.2) is 54.7 Å². The minimum Gasteiger partial charge on any atom is -0.399 e. The van der Waals surface area contributed by atoms with Crippen molar-refractivity contribution in [2.24, 2.45) is 0 Å². The lowest BCUT2D eigenvalue weighted by atomic mass is 10.0. The Kier molecular flexibility index (Phi) is 3.96. The molecule has 0 spiro atoms. The number of aromatic nitrogens is 5. The Balaban J connectivity index is 1.87. The third kappa shape index (κ3) is 2.95. The molecule has 0 fully saturated rings. The van der Waals surface area contributed by atoms with Crippen molar-refractivity contribution in [3.8, 4) is 28.2 Å². The zero-order valence-corrected chi connectivity index (χ0v) is 13.8. The van der Waals surface area contributed by atoms with Crippen LogP contribution in [0, 0.1) is 11.6 Å². The van der Waals surface area contributed by atoms with E-state index in [1.807, 2.05) is 12.1 Å². The van der Waals surface area contributed by atoms with Crippen LogP contribution in [0.2, 0.25) is 0 Å².